The van der Waals surface area contributed by atoms with E-state index in [-0.39, 0.29) is 6.04 Å². The van der Waals surface area contributed by atoms with E-state index in [2.05, 4.69) is 10.3 Å². The van der Waals surface area contributed by atoms with Gasteiger partial charge in [0.2, 0.25) is 0 Å². The van der Waals surface area contributed by atoms with Gasteiger partial charge in [-0.05, 0) is 43.1 Å². The van der Waals surface area contributed by atoms with Gasteiger partial charge in [0.15, 0.2) is 0 Å². The topological polar surface area (TPSA) is 115 Å². The van der Waals surface area contributed by atoms with Crippen molar-refractivity contribution in [3.05, 3.63) is 17.7 Å². The lowest BCUT2D eigenvalue weighted by molar-refractivity contribution is -0.0919. The molecule has 2 atom stereocenters. The van der Waals surface area contributed by atoms with Gasteiger partial charge in [0.25, 0.3) is 0 Å². The predicted octanol–water partition coefficient (Wildman–Crippen LogP) is 2.51. The minimum absolute atomic E-state index is 0.00813. The van der Waals surface area contributed by atoms with E-state index < -0.39 is 23.8 Å². The Kier molecular flexibility index (Phi) is 4.02. The van der Waals surface area contributed by atoms with Crippen molar-refractivity contribution >= 4 is 17.1 Å². The summed E-state index contributed by atoms with van der Waals surface area (Å²) >= 11 is 0. The highest BCUT2D eigenvalue weighted by Crippen LogP contribution is 2.45. The summed E-state index contributed by atoms with van der Waals surface area (Å²) in [7, 11) is 0. The summed E-state index contributed by atoms with van der Waals surface area (Å²) in [4.78, 5) is 14.1. The molecule has 1 aromatic heterocycles. The molecule has 2 unspecified atom stereocenters. The first-order chi connectivity index (χ1) is 12.4. The summed E-state index contributed by atoms with van der Waals surface area (Å²) < 4.78 is 10.8. The number of urea groups is 1. The second kappa shape index (κ2) is 6.12. The number of nitrogens with two attached hydrogens (primary N) is 1. The van der Waals surface area contributed by atoms with E-state index in [1.165, 1.54) is 0 Å². The van der Waals surface area contributed by atoms with Crippen LogP contribution in [0.3, 0.4) is 0 Å². The van der Waals surface area contributed by atoms with E-state index in [0.29, 0.717) is 22.3 Å². The number of aliphatic hydroxyl groups excluding tert-OH is 1. The number of fused-ring (bicyclic) bond motifs is 2. The second-order valence-corrected chi connectivity index (χ2v) is 7.78. The number of primary amides is 1. The Morgan fingerprint density at radius 3 is 2.54 bits per heavy atom. The highest BCUT2D eigenvalue weighted by molar-refractivity contribution is 5.78. The Hall–Kier alpha value is -2.35. The lowest BCUT2D eigenvalue weighted by Crippen LogP contribution is -2.58. The number of rotatable bonds is 2. The van der Waals surface area contributed by atoms with Crippen molar-refractivity contribution in [1.82, 2.24) is 15.2 Å². The quantitative estimate of drug-likeness (QED) is 0.850. The lowest BCUT2D eigenvalue weighted by Gasteiger charge is -2.48. The zero-order chi connectivity index (χ0) is 18.5. The predicted molar refractivity (Wildman–Crippen MR) is 93.6 cm³/mol. The van der Waals surface area contributed by atoms with E-state index in [0.717, 1.165) is 32.1 Å². The molecule has 1 aliphatic carbocycles. The molecule has 1 saturated carbocycles. The second-order valence-electron chi connectivity index (χ2n) is 7.78. The lowest BCUT2D eigenvalue weighted by atomic mass is 9.83. The zero-order valence-corrected chi connectivity index (χ0v) is 15.0. The molecular formula is C18H24N4O4. The number of aliphatic hydroxyl groups is 1. The Labute approximate surface area is 151 Å². The van der Waals surface area contributed by atoms with Gasteiger partial charge in [-0.2, -0.15) is 0 Å². The highest BCUT2D eigenvalue weighted by atomic mass is 16.6. The number of ether oxygens (including phenoxy) is 1. The number of hydrogen-bond donors (Lipinski definition) is 2. The van der Waals surface area contributed by atoms with E-state index in [4.69, 9.17) is 15.1 Å². The van der Waals surface area contributed by atoms with Gasteiger partial charge in [0.05, 0.1) is 6.04 Å². The molecule has 2 heterocycles. The third-order valence-electron chi connectivity index (χ3n) is 5.61. The summed E-state index contributed by atoms with van der Waals surface area (Å²) in [6, 6.07) is 2.39. The van der Waals surface area contributed by atoms with Crippen molar-refractivity contribution in [2.24, 2.45) is 5.73 Å². The molecule has 3 N–H and O–H groups in total. The average molecular weight is 360 g/mol. The third kappa shape index (κ3) is 2.68. The van der Waals surface area contributed by atoms with Crippen LogP contribution < -0.4 is 10.5 Å². The van der Waals surface area contributed by atoms with Crippen LogP contribution in [0.5, 0.6) is 5.75 Å². The Morgan fingerprint density at radius 1 is 1.23 bits per heavy atom. The van der Waals surface area contributed by atoms with Crippen LogP contribution in [-0.4, -0.2) is 44.1 Å². The van der Waals surface area contributed by atoms with E-state index in [9.17, 15) is 9.90 Å². The summed E-state index contributed by atoms with van der Waals surface area (Å²) in [6.45, 7) is 3.61. The maximum absolute atomic E-state index is 12.4. The van der Waals surface area contributed by atoms with Crippen molar-refractivity contribution in [1.29, 1.82) is 0 Å². The molecule has 0 radical (unpaired) electrons. The first-order valence-electron chi connectivity index (χ1n) is 9.09. The number of carbonyl (C=O) groups excluding carboxylic acids is 1. The van der Waals surface area contributed by atoms with Crippen molar-refractivity contribution in [3.63, 3.8) is 0 Å². The number of nitrogens with zero attached hydrogens (tertiary/aromatic N) is 3. The molecule has 2 aromatic rings. The fourth-order valence-electron chi connectivity index (χ4n) is 4.25. The van der Waals surface area contributed by atoms with E-state index in [1.807, 2.05) is 0 Å². The number of hydrogen-bond acceptors (Lipinski definition) is 6. The average Bonchev–Trinajstić information content (AvgIpc) is 3.05. The van der Waals surface area contributed by atoms with E-state index in [1.54, 1.807) is 30.9 Å². The molecule has 0 bridgehead atoms. The van der Waals surface area contributed by atoms with Gasteiger partial charge in [-0.1, -0.05) is 19.3 Å². The molecular weight excluding hydrogens is 336 g/mol. The van der Waals surface area contributed by atoms with Gasteiger partial charge in [-0.3, -0.25) is 0 Å². The fraction of sp³-hybridized carbons (Fsp3) is 0.611. The van der Waals surface area contributed by atoms with Crippen LogP contribution in [0.4, 0.5) is 4.79 Å². The van der Waals surface area contributed by atoms with Crippen LogP contribution >= 0.6 is 0 Å². The molecule has 0 saturated heterocycles. The molecule has 2 aliphatic rings. The number of aromatic nitrogens is 2. The first kappa shape index (κ1) is 17.1. The molecule has 0 spiro atoms. The van der Waals surface area contributed by atoms with Gasteiger partial charge >= 0.3 is 6.03 Å². The van der Waals surface area contributed by atoms with Crippen molar-refractivity contribution < 1.29 is 19.3 Å². The smallest absolute Gasteiger partial charge is 0.315 e. The Bertz CT molecular complexity index is 828. The standard InChI is InChI=1S/C18H24N4O4/c1-18(2)16(23)15(22(17(19)24)10-6-4-3-5-7-10)11-8-12-13(21-26-20-12)9-14(11)25-18/h8-10,15-16,23H,3-7H2,1-2H3,(H2,19,24). The zero-order valence-electron chi connectivity index (χ0n) is 15.0. The van der Waals surface area contributed by atoms with Gasteiger partial charge in [0, 0.05) is 17.7 Å². The molecule has 26 heavy (non-hydrogen) atoms. The fourth-order valence-corrected chi connectivity index (χ4v) is 4.25. The molecule has 8 nitrogen and oxygen atoms in total. The van der Waals surface area contributed by atoms with Crippen LogP contribution in [0.15, 0.2) is 16.8 Å². The third-order valence-corrected chi connectivity index (χ3v) is 5.61. The van der Waals surface area contributed by atoms with Gasteiger partial charge in [0.1, 0.15) is 28.5 Å². The first-order valence-corrected chi connectivity index (χ1v) is 9.09. The molecule has 8 heteroatoms. The molecule has 1 fully saturated rings. The Balaban J connectivity index is 1.85. The van der Waals surface area contributed by atoms with Gasteiger partial charge < -0.3 is 20.5 Å². The summed E-state index contributed by atoms with van der Waals surface area (Å²) in [5.41, 5.74) is 6.71. The molecule has 2 amide bonds. The van der Waals surface area contributed by atoms with Crippen molar-refractivity contribution in [2.75, 3.05) is 0 Å². The normalized spacial score (nSPS) is 25.5. The highest BCUT2D eigenvalue weighted by Gasteiger charge is 2.48. The monoisotopic (exact) mass is 360 g/mol. The number of benzene rings is 1. The Morgan fingerprint density at radius 2 is 1.88 bits per heavy atom. The van der Waals surface area contributed by atoms with Crippen molar-refractivity contribution in [2.45, 2.75) is 69.7 Å². The van der Waals surface area contributed by atoms with Crippen LogP contribution in [0.1, 0.15) is 57.6 Å². The van der Waals surface area contributed by atoms with Crippen LogP contribution in [0, 0.1) is 0 Å². The maximum atomic E-state index is 12.4. The number of amides is 2. The summed E-state index contributed by atoms with van der Waals surface area (Å²) in [5, 5.41) is 18.8. The maximum Gasteiger partial charge on any atom is 0.315 e. The molecule has 4 rings (SSSR count). The van der Waals surface area contributed by atoms with Crippen molar-refractivity contribution in [3.8, 4) is 5.75 Å². The molecule has 1 aliphatic heterocycles. The minimum Gasteiger partial charge on any atom is -0.485 e. The number of carbonyl (C=O) groups is 1. The largest absolute Gasteiger partial charge is 0.485 e. The molecule has 140 valence electrons. The van der Waals surface area contributed by atoms with Gasteiger partial charge in [-0.15, -0.1) is 0 Å². The molecule has 1 aromatic carbocycles. The summed E-state index contributed by atoms with van der Waals surface area (Å²) in [5.74, 6) is 0.565. The summed E-state index contributed by atoms with van der Waals surface area (Å²) in [6.07, 6.45) is 4.11. The van der Waals surface area contributed by atoms with E-state index >= 15 is 0 Å². The van der Waals surface area contributed by atoms with Crippen LogP contribution in [0.25, 0.3) is 11.0 Å². The van der Waals surface area contributed by atoms with Crippen LogP contribution in [0.2, 0.25) is 0 Å². The SMILES string of the molecule is CC1(C)Oc2cc3nonc3cc2C(N(C(N)=O)C2CCCCC2)C1O. The van der Waals surface area contributed by atoms with Gasteiger partial charge in [-0.25, -0.2) is 9.42 Å². The van der Waals surface area contributed by atoms with Crippen LogP contribution in [-0.2, 0) is 0 Å². The minimum atomic E-state index is -0.929.